The van der Waals surface area contributed by atoms with Crippen LogP contribution in [0.4, 0.5) is 5.69 Å². The fourth-order valence-electron chi connectivity index (χ4n) is 2.62. The van der Waals surface area contributed by atoms with Gasteiger partial charge in [0, 0.05) is 33.2 Å². The second-order valence-corrected chi connectivity index (χ2v) is 4.99. The van der Waals surface area contributed by atoms with Crippen LogP contribution >= 0.6 is 0 Å². The Bertz CT molecular complexity index is 456. The number of nitrogens with one attached hydrogen (secondary N) is 1. The zero-order valence-corrected chi connectivity index (χ0v) is 12.4. The molecule has 0 radical (unpaired) electrons. The first-order chi connectivity index (χ1) is 9.67. The van der Waals surface area contributed by atoms with Crippen LogP contribution in [0.3, 0.4) is 0 Å². The molecule has 1 N–H and O–H groups in total. The van der Waals surface area contributed by atoms with Crippen LogP contribution in [0.2, 0.25) is 0 Å². The lowest BCUT2D eigenvalue weighted by molar-refractivity contribution is -0.125. The zero-order valence-electron chi connectivity index (χ0n) is 12.4. The predicted octanol–water partition coefficient (Wildman–Crippen LogP) is 0.952. The van der Waals surface area contributed by atoms with E-state index in [0.29, 0.717) is 0 Å². The third kappa shape index (κ3) is 3.04. The summed E-state index contributed by atoms with van der Waals surface area (Å²) >= 11 is 0. The number of piperazine rings is 1. The number of amides is 1. The van der Waals surface area contributed by atoms with Gasteiger partial charge in [0.05, 0.1) is 18.8 Å². The van der Waals surface area contributed by atoms with Crippen LogP contribution in [0.5, 0.6) is 5.75 Å². The second-order valence-electron chi connectivity index (χ2n) is 4.99. The molecule has 1 atom stereocenters. The largest absolute Gasteiger partial charge is 0.495 e. The third-order valence-corrected chi connectivity index (χ3v) is 3.91. The lowest BCUT2D eigenvalue weighted by Crippen LogP contribution is -2.53. The molecule has 110 valence electrons. The average molecular weight is 277 g/mol. The maximum atomic E-state index is 11.7. The van der Waals surface area contributed by atoms with Gasteiger partial charge in [-0.1, -0.05) is 12.1 Å². The molecule has 0 bridgehead atoms. The van der Waals surface area contributed by atoms with Gasteiger partial charge in [-0.15, -0.1) is 0 Å². The molecule has 5 heteroatoms. The van der Waals surface area contributed by atoms with E-state index in [1.165, 1.54) is 0 Å². The number of anilines is 1. The monoisotopic (exact) mass is 277 g/mol. The molecule has 1 fully saturated rings. The van der Waals surface area contributed by atoms with Gasteiger partial charge in [0.25, 0.3) is 0 Å². The summed E-state index contributed by atoms with van der Waals surface area (Å²) < 4.78 is 5.41. The Morgan fingerprint density at radius 3 is 2.50 bits per heavy atom. The Hall–Kier alpha value is -1.75. The van der Waals surface area contributed by atoms with Crippen molar-refractivity contribution in [3.63, 3.8) is 0 Å². The number of likely N-dealkylation sites (N-methyl/N-ethyl adjacent to an activating group) is 1. The zero-order chi connectivity index (χ0) is 14.5. The summed E-state index contributed by atoms with van der Waals surface area (Å²) in [6.07, 6.45) is 0. The van der Waals surface area contributed by atoms with Crippen molar-refractivity contribution in [1.82, 2.24) is 10.2 Å². The number of benzene rings is 1. The molecule has 5 nitrogen and oxygen atoms in total. The lowest BCUT2D eigenvalue weighted by atomic mass is 10.2. The van der Waals surface area contributed by atoms with E-state index in [-0.39, 0.29) is 11.9 Å². The van der Waals surface area contributed by atoms with Crippen LogP contribution in [0.1, 0.15) is 6.92 Å². The number of nitrogens with zero attached hydrogens (tertiary/aromatic N) is 2. The van der Waals surface area contributed by atoms with Gasteiger partial charge in [-0.2, -0.15) is 0 Å². The fourth-order valence-corrected chi connectivity index (χ4v) is 2.62. The van der Waals surface area contributed by atoms with E-state index in [0.717, 1.165) is 37.6 Å². The molecule has 0 aliphatic carbocycles. The maximum absolute atomic E-state index is 11.7. The van der Waals surface area contributed by atoms with E-state index in [9.17, 15) is 4.79 Å². The molecule has 1 aromatic rings. The molecule has 1 amide bonds. The minimum absolute atomic E-state index is 0.0696. The van der Waals surface area contributed by atoms with Crippen molar-refractivity contribution in [2.24, 2.45) is 0 Å². The number of carbonyl (C=O) groups is 1. The van der Waals surface area contributed by atoms with E-state index in [1.807, 2.05) is 25.1 Å². The fraction of sp³-hybridized carbons (Fsp3) is 0.533. The molecule has 1 saturated heterocycles. The van der Waals surface area contributed by atoms with Gasteiger partial charge in [-0.3, -0.25) is 9.69 Å². The molecule has 2 rings (SSSR count). The lowest BCUT2D eigenvalue weighted by Gasteiger charge is -2.38. The van der Waals surface area contributed by atoms with Crippen molar-refractivity contribution in [2.75, 3.05) is 45.2 Å². The van der Waals surface area contributed by atoms with Crippen LogP contribution in [-0.4, -0.2) is 57.2 Å². The molecule has 0 spiro atoms. The number of hydrogen-bond donors (Lipinski definition) is 1. The normalized spacial score (nSPS) is 17.6. The van der Waals surface area contributed by atoms with Crippen LogP contribution in [-0.2, 0) is 4.79 Å². The Kier molecular flexibility index (Phi) is 4.84. The van der Waals surface area contributed by atoms with Gasteiger partial charge >= 0.3 is 0 Å². The Labute approximate surface area is 120 Å². The van der Waals surface area contributed by atoms with E-state index < -0.39 is 0 Å². The highest BCUT2D eigenvalue weighted by molar-refractivity contribution is 5.81. The Morgan fingerprint density at radius 1 is 1.25 bits per heavy atom. The number of rotatable bonds is 4. The van der Waals surface area contributed by atoms with Crippen molar-refractivity contribution in [3.05, 3.63) is 24.3 Å². The van der Waals surface area contributed by atoms with Gasteiger partial charge < -0.3 is 15.0 Å². The standard InChI is InChI=1S/C15H23N3O2/c1-12(15(19)16-2)17-8-10-18(11-9-17)13-6-4-5-7-14(13)20-3/h4-7,12H,8-11H2,1-3H3,(H,16,19)/t12-/m1/s1. The molecular formula is C15H23N3O2. The molecule has 1 aromatic carbocycles. The highest BCUT2D eigenvalue weighted by Crippen LogP contribution is 2.28. The Morgan fingerprint density at radius 2 is 1.90 bits per heavy atom. The minimum atomic E-state index is -0.0696. The van der Waals surface area contributed by atoms with Crippen molar-refractivity contribution >= 4 is 11.6 Å². The second kappa shape index (κ2) is 6.61. The summed E-state index contributed by atoms with van der Waals surface area (Å²) in [5, 5.41) is 2.71. The summed E-state index contributed by atoms with van der Waals surface area (Å²) in [6.45, 7) is 5.53. The van der Waals surface area contributed by atoms with E-state index in [2.05, 4.69) is 21.2 Å². The summed E-state index contributed by atoms with van der Waals surface area (Å²) in [6, 6.07) is 8.00. The first-order valence-electron chi connectivity index (χ1n) is 7.01. The van der Waals surface area contributed by atoms with E-state index in [4.69, 9.17) is 4.74 Å². The summed E-state index contributed by atoms with van der Waals surface area (Å²) in [5.74, 6) is 0.982. The number of para-hydroxylation sites is 2. The van der Waals surface area contributed by atoms with Gasteiger partial charge in [0.1, 0.15) is 5.75 Å². The van der Waals surface area contributed by atoms with Crippen LogP contribution in [0.25, 0.3) is 0 Å². The molecule has 1 heterocycles. The first kappa shape index (κ1) is 14.7. The van der Waals surface area contributed by atoms with Gasteiger partial charge in [-0.25, -0.2) is 0 Å². The van der Waals surface area contributed by atoms with Gasteiger partial charge in [0.2, 0.25) is 5.91 Å². The van der Waals surface area contributed by atoms with Crippen molar-refractivity contribution < 1.29 is 9.53 Å². The number of ether oxygens (including phenoxy) is 1. The van der Waals surface area contributed by atoms with E-state index in [1.54, 1.807) is 14.2 Å². The first-order valence-corrected chi connectivity index (χ1v) is 7.01. The Balaban J connectivity index is 1.99. The van der Waals surface area contributed by atoms with Crippen LogP contribution in [0.15, 0.2) is 24.3 Å². The van der Waals surface area contributed by atoms with Crippen molar-refractivity contribution in [2.45, 2.75) is 13.0 Å². The quantitative estimate of drug-likeness (QED) is 0.890. The summed E-state index contributed by atoms with van der Waals surface area (Å²) in [4.78, 5) is 16.2. The highest BCUT2D eigenvalue weighted by Gasteiger charge is 2.25. The summed E-state index contributed by atoms with van der Waals surface area (Å²) in [7, 11) is 3.38. The maximum Gasteiger partial charge on any atom is 0.236 e. The summed E-state index contributed by atoms with van der Waals surface area (Å²) in [5.41, 5.74) is 1.13. The third-order valence-electron chi connectivity index (χ3n) is 3.91. The SMILES string of the molecule is CNC(=O)[C@@H](C)N1CCN(c2ccccc2OC)CC1. The van der Waals surface area contributed by atoms with Crippen LogP contribution < -0.4 is 15.0 Å². The number of hydrogen-bond acceptors (Lipinski definition) is 4. The predicted molar refractivity (Wildman–Crippen MR) is 80.3 cm³/mol. The average Bonchev–Trinajstić information content (AvgIpc) is 2.53. The van der Waals surface area contributed by atoms with Gasteiger partial charge in [-0.05, 0) is 19.1 Å². The molecule has 0 unspecified atom stereocenters. The van der Waals surface area contributed by atoms with Crippen molar-refractivity contribution in [3.8, 4) is 5.75 Å². The van der Waals surface area contributed by atoms with Gasteiger partial charge in [0.15, 0.2) is 0 Å². The molecular weight excluding hydrogens is 254 g/mol. The number of methoxy groups -OCH3 is 1. The molecule has 0 aromatic heterocycles. The number of carbonyl (C=O) groups excluding carboxylic acids is 1. The molecule has 1 aliphatic rings. The van der Waals surface area contributed by atoms with Crippen molar-refractivity contribution in [1.29, 1.82) is 0 Å². The van der Waals surface area contributed by atoms with E-state index >= 15 is 0 Å². The smallest absolute Gasteiger partial charge is 0.236 e. The molecule has 20 heavy (non-hydrogen) atoms. The topological polar surface area (TPSA) is 44.8 Å². The molecule has 0 saturated carbocycles. The molecule has 1 aliphatic heterocycles. The highest BCUT2D eigenvalue weighted by atomic mass is 16.5. The van der Waals surface area contributed by atoms with Crippen LogP contribution in [0, 0.1) is 0 Å². The minimum Gasteiger partial charge on any atom is -0.495 e.